The molecule has 1 unspecified atom stereocenters. The summed E-state index contributed by atoms with van der Waals surface area (Å²) in [6, 6.07) is 8.57. The van der Waals surface area contributed by atoms with Crippen molar-refractivity contribution in [3.8, 4) is 0 Å². The SMILES string of the molecule is CCC(C)[c-]1cccc1.CC[N-]CC.CC[N-]CC.CC[N-]CC.[Zr+4]. The maximum atomic E-state index is 3.97. The van der Waals surface area contributed by atoms with Gasteiger partial charge in [0.2, 0.25) is 0 Å². The average molecular weight is 429 g/mol. The van der Waals surface area contributed by atoms with Gasteiger partial charge in [-0.2, -0.15) is 57.0 Å². The second-order valence-electron chi connectivity index (χ2n) is 5.10. The van der Waals surface area contributed by atoms with E-state index < -0.39 is 0 Å². The van der Waals surface area contributed by atoms with E-state index in [0.717, 1.165) is 45.2 Å². The third-order valence-electron chi connectivity index (χ3n) is 3.21. The molecule has 146 valence electrons. The fourth-order valence-electron chi connectivity index (χ4n) is 1.62. The minimum absolute atomic E-state index is 0. The van der Waals surface area contributed by atoms with Crippen LogP contribution in [-0.2, 0) is 26.2 Å². The van der Waals surface area contributed by atoms with Gasteiger partial charge in [-0.15, -0.1) is 0 Å². The van der Waals surface area contributed by atoms with Crippen LogP contribution in [0.1, 0.15) is 73.3 Å². The van der Waals surface area contributed by atoms with Crippen LogP contribution >= 0.6 is 0 Å². The molecule has 1 rings (SSSR count). The smallest absolute Gasteiger partial charge is 0.663 e. The summed E-state index contributed by atoms with van der Waals surface area (Å²) >= 11 is 0. The van der Waals surface area contributed by atoms with Gasteiger partial charge < -0.3 is 16.0 Å². The fraction of sp³-hybridized carbons (Fsp3) is 0.762. The van der Waals surface area contributed by atoms with E-state index in [-0.39, 0.29) is 26.2 Å². The summed E-state index contributed by atoms with van der Waals surface area (Å²) in [4.78, 5) is 0. The van der Waals surface area contributed by atoms with E-state index in [0.29, 0.717) is 0 Å². The minimum atomic E-state index is 0. The molecule has 1 aromatic rings. The molecule has 1 aromatic carbocycles. The molecule has 25 heavy (non-hydrogen) atoms. The normalized spacial score (nSPS) is 9.92. The molecule has 4 heteroatoms. The molecule has 0 bridgehead atoms. The van der Waals surface area contributed by atoms with Crippen molar-refractivity contribution in [2.24, 2.45) is 0 Å². The standard InChI is InChI=1S/C9H13.3C4H10N.Zr/c1-3-8(2)9-6-4-5-7-9;3*1-3-5-4-2;/h4-8H,3H2,1-2H3;3*3-4H2,1-2H3;/q4*-1;+4. The molecule has 0 aliphatic rings. The Balaban J connectivity index is -0.000000122. The molecular weight excluding hydrogens is 385 g/mol. The predicted molar refractivity (Wildman–Crippen MR) is 114 cm³/mol. The van der Waals surface area contributed by atoms with E-state index in [1.54, 1.807) is 0 Å². The zero-order chi connectivity index (χ0) is 19.1. The van der Waals surface area contributed by atoms with Crippen LogP contribution in [0.5, 0.6) is 0 Å². The summed E-state index contributed by atoms with van der Waals surface area (Å²) in [5.41, 5.74) is 1.47. The molecule has 0 saturated heterocycles. The van der Waals surface area contributed by atoms with Crippen molar-refractivity contribution in [1.82, 2.24) is 0 Å². The summed E-state index contributed by atoms with van der Waals surface area (Å²) in [7, 11) is 0. The van der Waals surface area contributed by atoms with Crippen LogP contribution < -0.4 is 0 Å². The first-order valence-electron chi connectivity index (χ1n) is 9.70. The number of hydrogen-bond donors (Lipinski definition) is 0. The largest absolute Gasteiger partial charge is 4.00 e. The van der Waals surface area contributed by atoms with Crippen molar-refractivity contribution in [1.29, 1.82) is 0 Å². The summed E-state index contributed by atoms with van der Waals surface area (Å²) in [5, 5.41) is 11.9. The summed E-state index contributed by atoms with van der Waals surface area (Å²) in [6.07, 6.45) is 1.24. The van der Waals surface area contributed by atoms with Crippen LogP contribution in [-0.4, -0.2) is 39.3 Å². The third-order valence-corrected chi connectivity index (χ3v) is 3.21. The van der Waals surface area contributed by atoms with Crippen LogP contribution in [0.15, 0.2) is 24.3 Å². The van der Waals surface area contributed by atoms with Crippen molar-refractivity contribution in [2.75, 3.05) is 39.3 Å². The first kappa shape index (κ1) is 32.8. The molecule has 0 heterocycles. The summed E-state index contributed by atoms with van der Waals surface area (Å²) < 4.78 is 0. The first-order valence-corrected chi connectivity index (χ1v) is 9.70. The van der Waals surface area contributed by atoms with E-state index >= 15 is 0 Å². The number of rotatable bonds is 8. The Morgan fingerprint density at radius 1 is 0.640 bits per heavy atom. The van der Waals surface area contributed by atoms with Crippen molar-refractivity contribution in [3.05, 3.63) is 45.8 Å². The van der Waals surface area contributed by atoms with E-state index in [1.807, 2.05) is 41.5 Å². The van der Waals surface area contributed by atoms with Crippen LogP contribution in [0.2, 0.25) is 0 Å². The zero-order valence-corrected chi connectivity index (χ0v) is 20.6. The second-order valence-corrected chi connectivity index (χ2v) is 5.10. The monoisotopic (exact) mass is 427 g/mol. The van der Waals surface area contributed by atoms with Gasteiger partial charge in [-0.25, -0.2) is 12.1 Å². The molecule has 0 aromatic heterocycles. The Morgan fingerprint density at radius 2 is 0.920 bits per heavy atom. The van der Waals surface area contributed by atoms with Crippen molar-refractivity contribution in [2.45, 2.75) is 67.7 Å². The molecule has 0 amide bonds. The molecule has 0 spiro atoms. The minimum Gasteiger partial charge on any atom is -0.663 e. The van der Waals surface area contributed by atoms with Gasteiger partial charge in [-0.05, 0) is 0 Å². The second kappa shape index (κ2) is 31.8. The van der Waals surface area contributed by atoms with Crippen LogP contribution in [0.25, 0.3) is 16.0 Å². The molecule has 0 radical (unpaired) electrons. The third kappa shape index (κ3) is 32.3. The van der Waals surface area contributed by atoms with Gasteiger partial charge in [0.1, 0.15) is 0 Å². The van der Waals surface area contributed by atoms with E-state index in [9.17, 15) is 0 Å². The molecule has 1 atom stereocenters. The Bertz CT molecular complexity index is 256. The first-order chi connectivity index (χ1) is 11.6. The molecular formula is C21H43N3Zr. The van der Waals surface area contributed by atoms with Crippen molar-refractivity contribution >= 4 is 0 Å². The molecule has 0 N–H and O–H groups in total. The number of hydrogen-bond acceptors (Lipinski definition) is 0. The Kier molecular flexibility index (Phi) is 41.7. The van der Waals surface area contributed by atoms with Gasteiger partial charge in [0, 0.05) is 0 Å². The fourth-order valence-corrected chi connectivity index (χ4v) is 1.62. The zero-order valence-electron chi connectivity index (χ0n) is 18.2. The van der Waals surface area contributed by atoms with Gasteiger partial charge in [-0.3, -0.25) is 0 Å². The predicted octanol–water partition coefficient (Wildman–Crippen LogP) is 7.12. The maximum Gasteiger partial charge on any atom is 4.00 e. The van der Waals surface area contributed by atoms with E-state index in [4.69, 9.17) is 0 Å². The summed E-state index contributed by atoms with van der Waals surface area (Å²) in [6.45, 7) is 22.6. The van der Waals surface area contributed by atoms with E-state index in [1.165, 1.54) is 12.0 Å². The van der Waals surface area contributed by atoms with Gasteiger partial charge in [0.05, 0.1) is 0 Å². The van der Waals surface area contributed by atoms with Crippen LogP contribution in [0.4, 0.5) is 0 Å². The summed E-state index contributed by atoms with van der Waals surface area (Å²) in [5.74, 6) is 0.736. The Labute approximate surface area is 178 Å². The van der Waals surface area contributed by atoms with Gasteiger partial charge in [0.25, 0.3) is 0 Å². The quantitative estimate of drug-likeness (QED) is 0.396. The molecule has 0 aliphatic heterocycles. The van der Waals surface area contributed by atoms with Gasteiger partial charge >= 0.3 is 26.2 Å². The average Bonchev–Trinajstić information content (AvgIpc) is 3.13. The maximum absolute atomic E-state index is 3.97. The Hall–Kier alpha value is 0.113. The van der Waals surface area contributed by atoms with Crippen molar-refractivity contribution < 1.29 is 26.2 Å². The molecule has 0 fully saturated rings. The van der Waals surface area contributed by atoms with Gasteiger partial charge in [0.15, 0.2) is 0 Å². The topological polar surface area (TPSA) is 42.3 Å². The molecule has 3 nitrogen and oxygen atoms in total. The van der Waals surface area contributed by atoms with E-state index in [2.05, 4.69) is 54.1 Å². The Morgan fingerprint density at radius 3 is 1.08 bits per heavy atom. The van der Waals surface area contributed by atoms with Crippen molar-refractivity contribution in [3.63, 3.8) is 0 Å². The molecule has 0 saturated carbocycles. The van der Waals surface area contributed by atoms with Crippen LogP contribution in [0, 0.1) is 0 Å². The van der Waals surface area contributed by atoms with Crippen LogP contribution in [0.3, 0.4) is 0 Å². The number of nitrogens with zero attached hydrogens (tertiary/aromatic N) is 3. The van der Waals surface area contributed by atoms with Gasteiger partial charge in [-0.1, -0.05) is 67.7 Å². The molecule has 0 aliphatic carbocycles.